The van der Waals surface area contributed by atoms with Gasteiger partial charge in [0.15, 0.2) is 5.96 Å². The highest BCUT2D eigenvalue weighted by molar-refractivity contribution is 5.81. The van der Waals surface area contributed by atoms with E-state index in [4.69, 9.17) is 9.47 Å². The highest BCUT2D eigenvalue weighted by Crippen LogP contribution is 2.22. The van der Waals surface area contributed by atoms with Crippen LogP contribution in [-0.4, -0.2) is 69.9 Å². The Morgan fingerprint density at radius 2 is 2.07 bits per heavy atom. The van der Waals surface area contributed by atoms with Crippen LogP contribution in [0.1, 0.15) is 25.3 Å². The SMILES string of the molecule is CCOC(=O)C1CCCN(C(=NC)NCc2ccccc2N2CCOCC2)C1. The lowest BCUT2D eigenvalue weighted by molar-refractivity contribution is -0.149. The molecule has 1 aromatic carbocycles. The van der Waals surface area contributed by atoms with Crippen LogP contribution < -0.4 is 10.2 Å². The monoisotopic (exact) mass is 388 g/mol. The summed E-state index contributed by atoms with van der Waals surface area (Å²) in [6.45, 7) is 7.91. The first-order chi connectivity index (χ1) is 13.7. The molecule has 2 fully saturated rings. The van der Waals surface area contributed by atoms with Gasteiger partial charge in [0.1, 0.15) is 0 Å². The molecule has 1 N–H and O–H groups in total. The molecule has 7 heteroatoms. The van der Waals surface area contributed by atoms with Gasteiger partial charge in [0.2, 0.25) is 0 Å². The van der Waals surface area contributed by atoms with Crippen LogP contribution in [0.3, 0.4) is 0 Å². The van der Waals surface area contributed by atoms with E-state index in [1.54, 1.807) is 7.05 Å². The summed E-state index contributed by atoms with van der Waals surface area (Å²) >= 11 is 0. The molecule has 3 rings (SSSR count). The number of nitrogens with one attached hydrogen (secondary N) is 1. The number of esters is 1. The molecule has 0 radical (unpaired) electrons. The van der Waals surface area contributed by atoms with Crippen molar-refractivity contribution in [3.63, 3.8) is 0 Å². The molecule has 0 spiro atoms. The van der Waals surface area contributed by atoms with Crippen molar-refractivity contribution in [3.8, 4) is 0 Å². The average molecular weight is 389 g/mol. The summed E-state index contributed by atoms with van der Waals surface area (Å²) in [6.07, 6.45) is 1.85. The van der Waals surface area contributed by atoms with Gasteiger partial charge in [-0.3, -0.25) is 9.79 Å². The Morgan fingerprint density at radius 3 is 2.82 bits per heavy atom. The smallest absolute Gasteiger partial charge is 0.310 e. The zero-order chi connectivity index (χ0) is 19.8. The summed E-state index contributed by atoms with van der Waals surface area (Å²) in [5.74, 6) is 0.666. The van der Waals surface area contributed by atoms with Crippen LogP contribution >= 0.6 is 0 Å². The minimum absolute atomic E-state index is 0.0760. The summed E-state index contributed by atoms with van der Waals surface area (Å²) in [4.78, 5) is 21.1. The van der Waals surface area contributed by atoms with E-state index in [1.165, 1.54) is 11.3 Å². The van der Waals surface area contributed by atoms with E-state index in [-0.39, 0.29) is 11.9 Å². The van der Waals surface area contributed by atoms with Crippen molar-refractivity contribution >= 4 is 17.6 Å². The van der Waals surface area contributed by atoms with Gasteiger partial charge in [0, 0.05) is 45.5 Å². The lowest BCUT2D eigenvalue weighted by Gasteiger charge is -2.34. The van der Waals surface area contributed by atoms with Gasteiger partial charge in [-0.1, -0.05) is 18.2 Å². The van der Waals surface area contributed by atoms with Gasteiger partial charge in [0.25, 0.3) is 0 Å². The van der Waals surface area contributed by atoms with Crippen LogP contribution in [-0.2, 0) is 20.8 Å². The second-order valence-corrected chi connectivity index (χ2v) is 7.17. The number of rotatable bonds is 5. The fourth-order valence-electron chi connectivity index (χ4n) is 3.90. The van der Waals surface area contributed by atoms with E-state index in [2.05, 4.69) is 44.4 Å². The van der Waals surface area contributed by atoms with Crippen LogP contribution in [0.25, 0.3) is 0 Å². The molecule has 0 aromatic heterocycles. The largest absolute Gasteiger partial charge is 0.466 e. The van der Waals surface area contributed by atoms with Gasteiger partial charge < -0.3 is 24.6 Å². The number of hydrogen-bond donors (Lipinski definition) is 1. The van der Waals surface area contributed by atoms with Crippen molar-refractivity contribution in [2.24, 2.45) is 10.9 Å². The number of hydrogen-bond acceptors (Lipinski definition) is 5. The molecule has 0 bridgehead atoms. The molecule has 1 atom stereocenters. The van der Waals surface area contributed by atoms with E-state index in [1.807, 2.05) is 6.92 Å². The molecule has 154 valence electrons. The molecule has 2 saturated heterocycles. The number of nitrogens with zero attached hydrogens (tertiary/aromatic N) is 3. The minimum atomic E-state index is -0.0969. The van der Waals surface area contributed by atoms with Gasteiger partial charge in [0.05, 0.1) is 25.7 Å². The van der Waals surface area contributed by atoms with Crippen molar-refractivity contribution in [1.29, 1.82) is 0 Å². The average Bonchev–Trinajstić information content (AvgIpc) is 2.75. The van der Waals surface area contributed by atoms with Crippen molar-refractivity contribution in [2.75, 3.05) is 57.9 Å². The number of para-hydroxylation sites is 1. The fraction of sp³-hybridized carbons (Fsp3) is 0.619. The lowest BCUT2D eigenvalue weighted by Crippen LogP contribution is -2.48. The fourth-order valence-corrected chi connectivity index (χ4v) is 3.90. The number of carbonyl (C=O) groups is 1. The second kappa shape index (κ2) is 10.3. The minimum Gasteiger partial charge on any atom is -0.466 e. The Hall–Kier alpha value is -2.28. The number of piperidine rings is 1. The molecule has 28 heavy (non-hydrogen) atoms. The molecular weight excluding hydrogens is 356 g/mol. The Bertz CT molecular complexity index is 673. The molecular formula is C21H32N4O3. The number of guanidine groups is 1. The number of benzene rings is 1. The van der Waals surface area contributed by atoms with Crippen molar-refractivity contribution < 1.29 is 14.3 Å². The highest BCUT2D eigenvalue weighted by atomic mass is 16.5. The standard InChI is InChI=1S/C21H32N4O3/c1-3-28-20(26)18-8-6-10-25(16-18)21(22-2)23-15-17-7-4-5-9-19(17)24-11-13-27-14-12-24/h4-5,7,9,18H,3,6,8,10-16H2,1-2H3,(H,22,23). The molecule has 2 aliphatic rings. The molecule has 0 amide bonds. The third-order valence-corrected chi connectivity index (χ3v) is 5.33. The molecule has 1 unspecified atom stereocenters. The van der Waals surface area contributed by atoms with E-state index in [9.17, 15) is 4.79 Å². The van der Waals surface area contributed by atoms with Crippen molar-refractivity contribution in [3.05, 3.63) is 29.8 Å². The molecule has 2 aliphatic heterocycles. The van der Waals surface area contributed by atoms with Gasteiger partial charge in [-0.05, 0) is 31.4 Å². The molecule has 1 aromatic rings. The Morgan fingerprint density at radius 1 is 1.29 bits per heavy atom. The van der Waals surface area contributed by atoms with Crippen LogP contribution in [0.2, 0.25) is 0 Å². The summed E-state index contributed by atoms with van der Waals surface area (Å²) in [5, 5.41) is 3.49. The number of carbonyl (C=O) groups excluding carboxylic acids is 1. The molecule has 0 saturated carbocycles. The van der Waals surface area contributed by atoms with Gasteiger partial charge in [-0.2, -0.15) is 0 Å². The van der Waals surface area contributed by atoms with Crippen LogP contribution in [0.5, 0.6) is 0 Å². The van der Waals surface area contributed by atoms with Gasteiger partial charge in [-0.25, -0.2) is 0 Å². The van der Waals surface area contributed by atoms with Gasteiger partial charge >= 0.3 is 5.97 Å². The molecule has 2 heterocycles. The van der Waals surface area contributed by atoms with Crippen molar-refractivity contribution in [1.82, 2.24) is 10.2 Å². The number of likely N-dealkylation sites (tertiary alicyclic amines) is 1. The summed E-state index contributed by atoms with van der Waals surface area (Å²) in [6, 6.07) is 8.48. The van der Waals surface area contributed by atoms with Crippen LogP contribution in [0.4, 0.5) is 5.69 Å². The lowest BCUT2D eigenvalue weighted by atomic mass is 9.98. The third-order valence-electron chi connectivity index (χ3n) is 5.33. The second-order valence-electron chi connectivity index (χ2n) is 7.17. The highest BCUT2D eigenvalue weighted by Gasteiger charge is 2.28. The Balaban J connectivity index is 1.62. The molecule has 0 aliphatic carbocycles. The summed E-state index contributed by atoms with van der Waals surface area (Å²) in [5.41, 5.74) is 2.49. The van der Waals surface area contributed by atoms with E-state index < -0.39 is 0 Å². The number of morpholine rings is 1. The van der Waals surface area contributed by atoms with Crippen molar-refractivity contribution in [2.45, 2.75) is 26.3 Å². The zero-order valence-corrected chi connectivity index (χ0v) is 17.0. The van der Waals surface area contributed by atoms with Crippen LogP contribution in [0, 0.1) is 5.92 Å². The van der Waals surface area contributed by atoms with Gasteiger partial charge in [-0.15, -0.1) is 0 Å². The first-order valence-corrected chi connectivity index (χ1v) is 10.3. The maximum absolute atomic E-state index is 12.1. The van der Waals surface area contributed by atoms with E-state index >= 15 is 0 Å². The quantitative estimate of drug-likeness (QED) is 0.472. The molecule has 7 nitrogen and oxygen atoms in total. The summed E-state index contributed by atoms with van der Waals surface area (Å²) in [7, 11) is 1.80. The number of ether oxygens (including phenoxy) is 2. The zero-order valence-electron chi connectivity index (χ0n) is 17.0. The number of aliphatic imine (C=N–C) groups is 1. The predicted molar refractivity (Wildman–Crippen MR) is 111 cm³/mol. The predicted octanol–water partition coefficient (Wildman–Crippen LogP) is 1.87. The normalized spacial score (nSPS) is 20.8. The van der Waals surface area contributed by atoms with E-state index in [0.717, 1.165) is 51.6 Å². The topological polar surface area (TPSA) is 66.4 Å². The maximum Gasteiger partial charge on any atom is 0.310 e. The third kappa shape index (κ3) is 5.16. The number of anilines is 1. The maximum atomic E-state index is 12.1. The van der Waals surface area contributed by atoms with E-state index in [0.29, 0.717) is 19.7 Å². The Kier molecular flexibility index (Phi) is 7.54. The van der Waals surface area contributed by atoms with Crippen LogP contribution in [0.15, 0.2) is 29.3 Å². The Labute approximate surface area is 167 Å². The first-order valence-electron chi connectivity index (χ1n) is 10.3. The summed E-state index contributed by atoms with van der Waals surface area (Å²) < 4.78 is 10.7. The first kappa shape index (κ1) is 20.5.